The van der Waals surface area contributed by atoms with Crippen LogP contribution < -0.4 is 0 Å². The lowest BCUT2D eigenvalue weighted by Gasteiger charge is -2.08. The van der Waals surface area contributed by atoms with E-state index < -0.39 is 0 Å². The molecule has 0 amide bonds. The Morgan fingerprint density at radius 1 is 1.32 bits per heavy atom. The number of halogens is 2. The van der Waals surface area contributed by atoms with Crippen LogP contribution in [0.3, 0.4) is 0 Å². The summed E-state index contributed by atoms with van der Waals surface area (Å²) in [6.45, 7) is 1.97. The first-order valence-corrected chi connectivity index (χ1v) is 7.17. The van der Waals surface area contributed by atoms with Crippen molar-refractivity contribution < 1.29 is 4.79 Å². The molecule has 0 bridgehead atoms. The summed E-state index contributed by atoms with van der Waals surface area (Å²) >= 11 is 12.2. The van der Waals surface area contributed by atoms with Gasteiger partial charge in [-0.2, -0.15) is 0 Å². The summed E-state index contributed by atoms with van der Waals surface area (Å²) in [6.07, 6.45) is 2.40. The topological polar surface area (TPSA) is 22.0 Å². The quantitative estimate of drug-likeness (QED) is 0.620. The number of nitrogens with zero attached hydrogens (tertiary/aromatic N) is 1. The first-order chi connectivity index (χ1) is 8.93. The van der Waals surface area contributed by atoms with E-state index in [0.29, 0.717) is 6.42 Å². The van der Waals surface area contributed by atoms with Crippen LogP contribution in [-0.4, -0.2) is 21.1 Å². The maximum absolute atomic E-state index is 12.3. The molecule has 0 radical (unpaired) electrons. The van der Waals surface area contributed by atoms with E-state index in [-0.39, 0.29) is 22.0 Å². The Hall–Kier alpha value is -0.990. The Balaban J connectivity index is 1.86. The normalized spacial score (nSPS) is 29.7. The van der Waals surface area contributed by atoms with Gasteiger partial charge in [0, 0.05) is 41.5 Å². The van der Waals surface area contributed by atoms with Crippen LogP contribution >= 0.6 is 23.2 Å². The number of rotatable bonds is 3. The Bertz CT molecular complexity index is 653. The molecule has 100 valence electrons. The van der Waals surface area contributed by atoms with Gasteiger partial charge < -0.3 is 4.57 Å². The van der Waals surface area contributed by atoms with E-state index in [1.807, 2.05) is 49.0 Å². The van der Waals surface area contributed by atoms with E-state index in [1.165, 1.54) is 0 Å². The lowest BCUT2D eigenvalue weighted by molar-refractivity contribution is 0.0960. The van der Waals surface area contributed by atoms with Gasteiger partial charge in [0.25, 0.3) is 0 Å². The zero-order chi connectivity index (χ0) is 13.8. The zero-order valence-electron chi connectivity index (χ0n) is 10.9. The Labute approximate surface area is 122 Å². The number of carbonyl (C=O) groups excluding carboxylic acids is 1. The maximum Gasteiger partial charge on any atom is 0.163 e. The summed E-state index contributed by atoms with van der Waals surface area (Å²) < 4.78 is 2.04. The molecule has 2 aromatic rings. The summed E-state index contributed by atoms with van der Waals surface area (Å²) in [7, 11) is 1.99. The molecular weight excluding hydrogens is 281 g/mol. The van der Waals surface area contributed by atoms with Gasteiger partial charge in [0.1, 0.15) is 0 Å². The van der Waals surface area contributed by atoms with Crippen molar-refractivity contribution in [2.24, 2.45) is 12.5 Å². The molecule has 1 saturated carbocycles. The number of hydrogen-bond donors (Lipinski definition) is 0. The van der Waals surface area contributed by atoms with Gasteiger partial charge in [-0.05, 0) is 24.3 Å². The molecule has 2 atom stereocenters. The number of benzene rings is 1. The fourth-order valence-corrected chi connectivity index (χ4v) is 3.47. The fraction of sp³-hybridized carbons (Fsp3) is 0.400. The van der Waals surface area contributed by atoms with E-state index in [9.17, 15) is 4.79 Å². The first kappa shape index (κ1) is 13.0. The van der Waals surface area contributed by atoms with Crippen molar-refractivity contribution in [2.75, 3.05) is 0 Å². The third kappa shape index (κ3) is 1.98. The van der Waals surface area contributed by atoms with E-state index in [4.69, 9.17) is 23.2 Å². The number of carbonyl (C=O) groups is 1. The molecule has 1 aliphatic carbocycles. The van der Waals surface area contributed by atoms with Gasteiger partial charge in [0.2, 0.25) is 0 Å². The summed E-state index contributed by atoms with van der Waals surface area (Å²) in [5.74, 6) is 0.113. The Morgan fingerprint density at radius 3 is 2.63 bits per heavy atom. The standard InChI is InChI=1S/C15H15Cl2NO/c1-15(13(16)14(15)17)8-12(19)10-3-4-11-9(7-10)5-6-18(11)2/h3-7,13-14H,8H2,1-2H3. The smallest absolute Gasteiger partial charge is 0.163 e. The molecule has 1 heterocycles. The summed E-state index contributed by atoms with van der Waals surface area (Å²) in [6, 6.07) is 7.81. The van der Waals surface area contributed by atoms with Crippen LogP contribution in [0.1, 0.15) is 23.7 Å². The molecule has 0 saturated heterocycles. The number of hydrogen-bond acceptors (Lipinski definition) is 1. The zero-order valence-corrected chi connectivity index (χ0v) is 12.4. The SMILES string of the molecule is Cn1ccc2cc(C(=O)CC3(C)C(Cl)C3Cl)ccc21. The number of ketones is 1. The van der Waals surface area contributed by atoms with Gasteiger partial charge in [-0.15, -0.1) is 23.2 Å². The van der Waals surface area contributed by atoms with Crippen molar-refractivity contribution in [1.82, 2.24) is 4.57 Å². The average Bonchev–Trinajstić information content (AvgIpc) is 2.76. The second-order valence-electron chi connectivity index (χ2n) is 5.61. The Kier molecular flexibility index (Phi) is 2.91. The summed E-state index contributed by atoms with van der Waals surface area (Å²) in [4.78, 5) is 12.3. The van der Waals surface area contributed by atoms with Crippen molar-refractivity contribution in [2.45, 2.75) is 24.1 Å². The molecule has 4 heteroatoms. The molecule has 1 fully saturated rings. The predicted molar refractivity (Wildman–Crippen MR) is 79.3 cm³/mol. The minimum atomic E-state index is -0.258. The van der Waals surface area contributed by atoms with Crippen LogP contribution in [0.5, 0.6) is 0 Å². The second-order valence-corrected chi connectivity index (χ2v) is 6.55. The van der Waals surface area contributed by atoms with Crippen LogP contribution in [0.25, 0.3) is 10.9 Å². The molecule has 2 nitrogen and oxygen atoms in total. The van der Waals surface area contributed by atoms with Gasteiger partial charge in [-0.25, -0.2) is 0 Å². The highest BCUT2D eigenvalue weighted by Gasteiger charge is 2.60. The first-order valence-electron chi connectivity index (χ1n) is 6.30. The van der Waals surface area contributed by atoms with Crippen molar-refractivity contribution in [3.8, 4) is 0 Å². The number of aromatic nitrogens is 1. The third-order valence-electron chi connectivity index (χ3n) is 4.16. The molecule has 0 aliphatic heterocycles. The highest BCUT2D eigenvalue weighted by molar-refractivity contribution is 6.35. The molecule has 1 aromatic heterocycles. The second kappa shape index (κ2) is 4.26. The van der Waals surface area contributed by atoms with Crippen molar-refractivity contribution in [3.63, 3.8) is 0 Å². The lowest BCUT2D eigenvalue weighted by atomic mass is 9.97. The third-order valence-corrected chi connectivity index (χ3v) is 5.79. The molecule has 1 aliphatic rings. The minimum absolute atomic E-state index is 0.0985. The molecule has 1 aromatic carbocycles. The molecular formula is C15H15Cl2NO. The van der Waals surface area contributed by atoms with Crippen LogP contribution in [0.15, 0.2) is 30.5 Å². The highest BCUT2D eigenvalue weighted by Crippen LogP contribution is 2.56. The molecule has 3 rings (SSSR count). The van der Waals surface area contributed by atoms with Crippen LogP contribution in [0.2, 0.25) is 0 Å². The summed E-state index contributed by atoms with van der Waals surface area (Å²) in [5, 5.41) is 0.885. The minimum Gasteiger partial charge on any atom is -0.351 e. The number of aryl methyl sites for hydroxylation is 1. The fourth-order valence-electron chi connectivity index (χ4n) is 2.55. The van der Waals surface area contributed by atoms with Gasteiger partial charge in [0.05, 0.1) is 10.8 Å². The van der Waals surface area contributed by atoms with Gasteiger partial charge in [0.15, 0.2) is 5.78 Å². The largest absolute Gasteiger partial charge is 0.351 e. The molecule has 0 N–H and O–H groups in total. The van der Waals surface area contributed by atoms with Crippen molar-refractivity contribution in [1.29, 1.82) is 0 Å². The Morgan fingerprint density at radius 2 is 2.00 bits per heavy atom. The molecule has 0 spiro atoms. The average molecular weight is 296 g/mol. The van der Waals surface area contributed by atoms with E-state index in [0.717, 1.165) is 16.5 Å². The molecule has 2 unspecified atom stereocenters. The van der Waals surface area contributed by atoms with Crippen molar-refractivity contribution >= 4 is 39.9 Å². The monoisotopic (exact) mass is 295 g/mol. The van der Waals surface area contributed by atoms with E-state index >= 15 is 0 Å². The molecule has 19 heavy (non-hydrogen) atoms. The number of alkyl halides is 2. The summed E-state index contributed by atoms with van der Waals surface area (Å²) in [5.41, 5.74) is 1.60. The van der Waals surface area contributed by atoms with Crippen LogP contribution in [0.4, 0.5) is 0 Å². The lowest BCUT2D eigenvalue weighted by Crippen LogP contribution is -2.10. The van der Waals surface area contributed by atoms with Crippen molar-refractivity contribution in [3.05, 3.63) is 36.0 Å². The maximum atomic E-state index is 12.3. The van der Waals surface area contributed by atoms with E-state index in [1.54, 1.807) is 0 Å². The van der Waals surface area contributed by atoms with Gasteiger partial charge >= 0.3 is 0 Å². The van der Waals surface area contributed by atoms with Crippen LogP contribution in [0, 0.1) is 5.41 Å². The highest BCUT2D eigenvalue weighted by atomic mass is 35.5. The predicted octanol–water partition coefficient (Wildman–Crippen LogP) is 3.99. The van der Waals surface area contributed by atoms with Gasteiger partial charge in [-0.3, -0.25) is 4.79 Å². The van der Waals surface area contributed by atoms with E-state index in [2.05, 4.69) is 0 Å². The number of fused-ring (bicyclic) bond motifs is 1. The van der Waals surface area contributed by atoms with Gasteiger partial charge in [-0.1, -0.05) is 6.92 Å². The number of Topliss-reactive ketones (excluding diaryl/α,β-unsaturated/α-hetero) is 1. The van der Waals surface area contributed by atoms with Crippen LogP contribution in [-0.2, 0) is 7.05 Å².